The summed E-state index contributed by atoms with van der Waals surface area (Å²) in [5.41, 5.74) is 6.03. The van der Waals surface area contributed by atoms with Crippen molar-refractivity contribution >= 4 is 17.2 Å². The van der Waals surface area contributed by atoms with Gasteiger partial charge < -0.3 is 5.73 Å². The van der Waals surface area contributed by atoms with Crippen LogP contribution in [0.25, 0.3) is 0 Å². The summed E-state index contributed by atoms with van der Waals surface area (Å²) in [6, 6.07) is 1.72. The highest BCUT2D eigenvalue weighted by molar-refractivity contribution is 7.80. The molecule has 0 aliphatic rings. The normalized spacial score (nSPS) is 8.89. The molecule has 3 nitrogen and oxygen atoms in total. The van der Waals surface area contributed by atoms with Gasteiger partial charge in [0.15, 0.2) is 0 Å². The van der Waals surface area contributed by atoms with Gasteiger partial charge in [-0.15, -0.1) is 0 Å². The van der Waals surface area contributed by atoms with E-state index in [-0.39, 0.29) is 0 Å². The summed E-state index contributed by atoms with van der Waals surface area (Å²) in [7, 11) is 0. The lowest BCUT2D eigenvalue weighted by Gasteiger charge is -1.91. The van der Waals surface area contributed by atoms with E-state index in [9.17, 15) is 0 Å². The third-order valence-corrected chi connectivity index (χ3v) is 1.10. The fourth-order valence-electron chi connectivity index (χ4n) is 0.436. The van der Waals surface area contributed by atoms with Gasteiger partial charge >= 0.3 is 0 Å². The van der Waals surface area contributed by atoms with E-state index >= 15 is 0 Å². The smallest absolute Gasteiger partial charge is 0.105 e. The van der Waals surface area contributed by atoms with Gasteiger partial charge in [-0.3, -0.25) is 0 Å². The second kappa shape index (κ2) is 2.50. The molecule has 0 aromatic carbocycles. The Morgan fingerprint density at radius 1 is 1.56 bits per heavy atom. The van der Waals surface area contributed by atoms with E-state index < -0.39 is 0 Å². The molecule has 1 aromatic rings. The first kappa shape index (κ1) is 6.10. The summed E-state index contributed by atoms with van der Waals surface area (Å²) in [5.74, 6) is 0. The van der Waals surface area contributed by atoms with Crippen molar-refractivity contribution in [2.24, 2.45) is 5.73 Å². The first-order chi connectivity index (χ1) is 4.30. The first-order valence-corrected chi connectivity index (χ1v) is 2.78. The molecule has 4 heteroatoms. The van der Waals surface area contributed by atoms with Crippen LogP contribution in [0.5, 0.6) is 0 Å². The van der Waals surface area contributed by atoms with Crippen molar-refractivity contribution in [3.8, 4) is 0 Å². The number of aromatic nitrogens is 2. The molecule has 0 spiro atoms. The first-order valence-electron chi connectivity index (χ1n) is 2.37. The molecule has 1 rings (SSSR count). The molecule has 0 radical (unpaired) electrons. The predicted octanol–water partition coefficient (Wildman–Crippen LogP) is 0.111. The molecule has 2 N–H and O–H groups in total. The Balaban J connectivity index is 2.98. The molecule has 1 heterocycles. The number of hydrogen-bond acceptors (Lipinski definition) is 3. The van der Waals surface area contributed by atoms with E-state index in [0.29, 0.717) is 4.99 Å². The van der Waals surface area contributed by atoms with Gasteiger partial charge in [-0.25, -0.2) is 0 Å². The van der Waals surface area contributed by atoms with Crippen LogP contribution in [0.1, 0.15) is 5.56 Å². The van der Waals surface area contributed by atoms with Crippen LogP contribution in [0.15, 0.2) is 18.5 Å². The SMILES string of the molecule is NC(=S)c1ccnnc1. The standard InChI is InChI=1S/C5H5N3S/c6-5(9)4-1-2-7-8-3-4/h1-3H,(H2,6,9). The quantitative estimate of drug-likeness (QED) is 0.561. The summed E-state index contributed by atoms with van der Waals surface area (Å²) in [6.45, 7) is 0. The number of thiocarbonyl (C=S) groups is 1. The Morgan fingerprint density at radius 2 is 2.33 bits per heavy atom. The van der Waals surface area contributed by atoms with Gasteiger partial charge in [-0.1, -0.05) is 12.2 Å². The van der Waals surface area contributed by atoms with E-state index in [1.54, 1.807) is 12.3 Å². The van der Waals surface area contributed by atoms with Crippen molar-refractivity contribution in [2.45, 2.75) is 0 Å². The van der Waals surface area contributed by atoms with Crippen molar-refractivity contribution in [2.75, 3.05) is 0 Å². The average molecular weight is 139 g/mol. The minimum Gasteiger partial charge on any atom is -0.389 e. The molecule has 0 saturated carbocycles. The maximum absolute atomic E-state index is 5.28. The van der Waals surface area contributed by atoms with Crippen LogP contribution in [-0.4, -0.2) is 15.2 Å². The Kier molecular flexibility index (Phi) is 1.69. The highest BCUT2D eigenvalue weighted by Crippen LogP contribution is 1.90. The topological polar surface area (TPSA) is 51.8 Å². The average Bonchev–Trinajstić information content (AvgIpc) is 1.90. The van der Waals surface area contributed by atoms with Crippen LogP contribution in [0.3, 0.4) is 0 Å². The van der Waals surface area contributed by atoms with E-state index in [0.717, 1.165) is 5.56 Å². The third kappa shape index (κ3) is 1.43. The lowest BCUT2D eigenvalue weighted by atomic mass is 10.3. The van der Waals surface area contributed by atoms with Crippen LogP contribution in [0.2, 0.25) is 0 Å². The molecule has 0 bridgehead atoms. The molecule has 46 valence electrons. The number of nitrogens with two attached hydrogens (primary N) is 1. The second-order valence-electron chi connectivity index (χ2n) is 1.50. The van der Waals surface area contributed by atoms with Crippen LogP contribution in [0.4, 0.5) is 0 Å². The molecular weight excluding hydrogens is 134 g/mol. The van der Waals surface area contributed by atoms with Gasteiger partial charge in [0.1, 0.15) is 4.99 Å². The summed E-state index contributed by atoms with van der Waals surface area (Å²) < 4.78 is 0. The summed E-state index contributed by atoms with van der Waals surface area (Å²) in [5, 5.41) is 7.15. The Hall–Kier alpha value is -1.03. The van der Waals surface area contributed by atoms with E-state index in [1.165, 1.54) is 6.20 Å². The van der Waals surface area contributed by atoms with E-state index in [4.69, 9.17) is 5.73 Å². The van der Waals surface area contributed by atoms with Crippen molar-refractivity contribution in [1.29, 1.82) is 0 Å². The van der Waals surface area contributed by atoms with E-state index in [2.05, 4.69) is 22.4 Å². The molecule has 0 atom stereocenters. The maximum atomic E-state index is 5.28. The predicted molar refractivity (Wildman–Crippen MR) is 37.9 cm³/mol. The zero-order chi connectivity index (χ0) is 6.69. The zero-order valence-corrected chi connectivity index (χ0v) is 5.43. The summed E-state index contributed by atoms with van der Waals surface area (Å²) >= 11 is 4.67. The van der Waals surface area contributed by atoms with Gasteiger partial charge in [-0.05, 0) is 6.07 Å². The largest absolute Gasteiger partial charge is 0.389 e. The van der Waals surface area contributed by atoms with Gasteiger partial charge in [0.05, 0.1) is 12.4 Å². The number of rotatable bonds is 1. The monoisotopic (exact) mass is 139 g/mol. The van der Waals surface area contributed by atoms with Gasteiger partial charge in [-0.2, -0.15) is 10.2 Å². The van der Waals surface area contributed by atoms with Crippen molar-refractivity contribution < 1.29 is 0 Å². The fourth-order valence-corrected chi connectivity index (χ4v) is 0.557. The minimum absolute atomic E-state index is 0.352. The van der Waals surface area contributed by atoms with Crippen LogP contribution in [0, 0.1) is 0 Å². The Bertz CT molecular complexity index is 209. The highest BCUT2D eigenvalue weighted by Gasteiger charge is 1.91. The van der Waals surface area contributed by atoms with Gasteiger partial charge in [0, 0.05) is 5.56 Å². The Labute approximate surface area is 57.9 Å². The molecule has 0 unspecified atom stereocenters. The van der Waals surface area contributed by atoms with E-state index in [1.807, 2.05) is 0 Å². The van der Waals surface area contributed by atoms with Gasteiger partial charge in [0.2, 0.25) is 0 Å². The lowest BCUT2D eigenvalue weighted by molar-refractivity contribution is 1.03. The minimum atomic E-state index is 0.352. The summed E-state index contributed by atoms with van der Waals surface area (Å²) in [4.78, 5) is 0.352. The molecule has 0 amide bonds. The van der Waals surface area contributed by atoms with Gasteiger partial charge in [0.25, 0.3) is 0 Å². The fraction of sp³-hybridized carbons (Fsp3) is 0. The highest BCUT2D eigenvalue weighted by atomic mass is 32.1. The molecular formula is C5H5N3S. The summed E-state index contributed by atoms with van der Waals surface area (Å²) in [6.07, 6.45) is 3.08. The molecule has 0 saturated heterocycles. The third-order valence-electron chi connectivity index (χ3n) is 0.869. The van der Waals surface area contributed by atoms with Crippen molar-refractivity contribution in [3.63, 3.8) is 0 Å². The number of nitrogens with zero attached hydrogens (tertiary/aromatic N) is 2. The molecule has 0 fully saturated rings. The Morgan fingerprint density at radius 3 is 2.67 bits per heavy atom. The molecule has 0 aliphatic carbocycles. The van der Waals surface area contributed by atoms with Crippen LogP contribution < -0.4 is 5.73 Å². The molecule has 1 aromatic heterocycles. The number of hydrogen-bond donors (Lipinski definition) is 1. The molecule has 0 aliphatic heterocycles. The lowest BCUT2D eigenvalue weighted by Crippen LogP contribution is -2.09. The van der Waals surface area contributed by atoms with Crippen LogP contribution >= 0.6 is 12.2 Å². The molecule has 9 heavy (non-hydrogen) atoms. The van der Waals surface area contributed by atoms with Crippen molar-refractivity contribution in [1.82, 2.24) is 10.2 Å². The maximum Gasteiger partial charge on any atom is 0.105 e. The zero-order valence-electron chi connectivity index (χ0n) is 4.61. The van der Waals surface area contributed by atoms with Crippen LogP contribution in [-0.2, 0) is 0 Å². The second-order valence-corrected chi connectivity index (χ2v) is 1.94. The van der Waals surface area contributed by atoms with Crippen molar-refractivity contribution in [3.05, 3.63) is 24.0 Å².